The highest BCUT2D eigenvalue weighted by atomic mass is 16.3. The van der Waals surface area contributed by atoms with Gasteiger partial charge in [0, 0.05) is 25.2 Å². The first-order chi connectivity index (χ1) is 7.63. The molecular weight excluding hydrogens is 200 g/mol. The van der Waals surface area contributed by atoms with Crippen molar-refractivity contribution < 1.29 is 5.11 Å². The van der Waals surface area contributed by atoms with Crippen LogP contribution in [0.3, 0.4) is 0 Å². The smallest absolute Gasteiger partial charge is 0.0664 e. The Balaban J connectivity index is 2.37. The number of rotatable bonds is 6. The molecule has 0 aromatic rings. The molecular formula is C13H28N2O. The van der Waals surface area contributed by atoms with Gasteiger partial charge in [0.2, 0.25) is 0 Å². The average molecular weight is 228 g/mol. The molecule has 0 bridgehead atoms. The Morgan fingerprint density at radius 2 is 2.12 bits per heavy atom. The molecule has 0 aromatic carbocycles. The topological polar surface area (TPSA) is 35.5 Å². The first-order valence-electron chi connectivity index (χ1n) is 6.79. The van der Waals surface area contributed by atoms with Gasteiger partial charge in [-0.1, -0.05) is 27.2 Å². The Hall–Kier alpha value is -0.120. The summed E-state index contributed by atoms with van der Waals surface area (Å²) in [6.07, 6.45) is 4.61. The lowest BCUT2D eigenvalue weighted by atomic mass is 10.0. The number of aliphatic hydroxyl groups is 1. The first kappa shape index (κ1) is 13.9. The number of nitrogens with zero attached hydrogens (tertiary/aromatic N) is 1. The second kappa shape index (κ2) is 7.25. The van der Waals surface area contributed by atoms with Crippen LogP contribution < -0.4 is 5.32 Å². The predicted octanol–water partition coefficient (Wildman–Crippen LogP) is 1.61. The molecule has 0 aromatic heterocycles. The second-order valence-corrected chi connectivity index (χ2v) is 5.27. The van der Waals surface area contributed by atoms with Crippen molar-refractivity contribution in [2.75, 3.05) is 19.6 Å². The van der Waals surface area contributed by atoms with E-state index in [0.29, 0.717) is 12.1 Å². The zero-order valence-corrected chi connectivity index (χ0v) is 11.1. The highest BCUT2D eigenvalue weighted by Gasteiger charge is 2.23. The maximum Gasteiger partial charge on any atom is 0.0664 e. The van der Waals surface area contributed by atoms with E-state index in [4.69, 9.17) is 0 Å². The Morgan fingerprint density at radius 3 is 2.75 bits per heavy atom. The maximum absolute atomic E-state index is 9.74. The van der Waals surface area contributed by atoms with Crippen LogP contribution >= 0.6 is 0 Å². The molecule has 1 fully saturated rings. The van der Waals surface area contributed by atoms with E-state index in [1.807, 2.05) is 0 Å². The van der Waals surface area contributed by atoms with Crippen LogP contribution in [0, 0.1) is 0 Å². The van der Waals surface area contributed by atoms with Crippen molar-refractivity contribution in [1.29, 1.82) is 0 Å². The van der Waals surface area contributed by atoms with Gasteiger partial charge < -0.3 is 10.4 Å². The van der Waals surface area contributed by atoms with E-state index >= 15 is 0 Å². The van der Waals surface area contributed by atoms with Crippen LogP contribution in [0.5, 0.6) is 0 Å². The number of nitrogens with one attached hydrogen (secondary N) is 1. The Bertz CT molecular complexity index is 185. The third-order valence-electron chi connectivity index (χ3n) is 3.43. The van der Waals surface area contributed by atoms with Gasteiger partial charge in [-0.25, -0.2) is 0 Å². The van der Waals surface area contributed by atoms with Crippen LogP contribution in [0.25, 0.3) is 0 Å². The van der Waals surface area contributed by atoms with Gasteiger partial charge in [0.15, 0.2) is 0 Å². The number of β-amino-alcohol motifs (C(OH)–C–C–N with tert-alkyl or cyclic N) is 1. The van der Waals surface area contributed by atoms with Gasteiger partial charge in [-0.05, 0) is 25.8 Å². The van der Waals surface area contributed by atoms with Crippen molar-refractivity contribution in [1.82, 2.24) is 10.2 Å². The van der Waals surface area contributed by atoms with Crippen molar-refractivity contribution in [3.8, 4) is 0 Å². The van der Waals surface area contributed by atoms with E-state index in [0.717, 1.165) is 26.1 Å². The lowest BCUT2D eigenvalue weighted by Crippen LogP contribution is -2.49. The lowest BCUT2D eigenvalue weighted by molar-refractivity contribution is 0.0646. The third-order valence-corrected chi connectivity index (χ3v) is 3.43. The van der Waals surface area contributed by atoms with Crippen LogP contribution in [0.1, 0.15) is 46.5 Å². The molecule has 96 valence electrons. The summed E-state index contributed by atoms with van der Waals surface area (Å²) in [5.41, 5.74) is 0. The molecule has 1 aliphatic rings. The molecule has 2 N–H and O–H groups in total. The minimum absolute atomic E-state index is 0.153. The third kappa shape index (κ3) is 4.81. The molecule has 1 aliphatic heterocycles. The van der Waals surface area contributed by atoms with Gasteiger partial charge in [0.05, 0.1) is 6.10 Å². The molecule has 1 saturated heterocycles. The van der Waals surface area contributed by atoms with Crippen molar-refractivity contribution in [3.63, 3.8) is 0 Å². The van der Waals surface area contributed by atoms with Crippen molar-refractivity contribution in [2.45, 2.75) is 64.6 Å². The molecule has 2 atom stereocenters. The first-order valence-corrected chi connectivity index (χ1v) is 6.79. The van der Waals surface area contributed by atoms with E-state index < -0.39 is 0 Å². The second-order valence-electron chi connectivity index (χ2n) is 5.27. The highest BCUT2D eigenvalue weighted by Crippen LogP contribution is 2.17. The zero-order chi connectivity index (χ0) is 12.0. The monoisotopic (exact) mass is 228 g/mol. The largest absolute Gasteiger partial charge is 0.392 e. The fraction of sp³-hybridized carbons (Fsp3) is 1.00. The van der Waals surface area contributed by atoms with Gasteiger partial charge >= 0.3 is 0 Å². The van der Waals surface area contributed by atoms with Gasteiger partial charge in [-0.15, -0.1) is 0 Å². The van der Waals surface area contributed by atoms with E-state index in [1.165, 1.54) is 19.3 Å². The van der Waals surface area contributed by atoms with Crippen molar-refractivity contribution >= 4 is 0 Å². The van der Waals surface area contributed by atoms with E-state index in [-0.39, 0.29) is 6.10 Å². The molecule has 0 saturated carbocycles. The molecule has 3 nitrogen and oxygen atoms in total. The number of piperidine rings is 1. The predicted molar refractivity (Wildman–Crippen MR) is 68.6 cm³/mol. The summed E-state index contributed by atoms with van der Waals surface area (Å²) in [6.45, 7) is 9.49. The summed E-state index contributed by atoms with van der Waals surface area (Å²) in [7, 11) is 0. The quantitative estimate of drug-likeness (QED) is 0.725. The molecule has 0 amide bonds. The summed E-state index contributed by atoms with van der Waals surface area (Å²) < 4.78 is 0. The Labute approximate surface area is 100 Å². The van der Waals surface area contributed by atoms with Gasteiger partial charge in [-0.2, -0.15) is 0 Å². The molecule has 1 rings (SSSR count). The molecule has 16 heavy (non-hydrogen) atoms. The number of aliphatic hydroxyl groups excluding tert-OH is 1. The fourth-order valence-electron chi connectivity index (χ4n) is 2.30. The summed E-state index contributed by atoms with van der Waals surface area (Å²) in [5.74, 6) is 0. The number of hydrogen-bond donors (Lipinski definition) is 2. The van der Waals surface area contributed by atoms with E-state index in [9.17, 15) is 5.11 Å². The van der Waals surface area contributed by atoms with Gasteiger partial charge in [-0.3, -0.25) is 4.90 Å². The average Bonchev–Trinajstić information content (AvgIpc) is 2.27. The molecule has 1 heterocycles. The Kier molecular flexibility index (Phi) is 6.32. The van der Waals surface area contributed by atoms with Crippen LogP contribution in [0.15, 0.2) is 0 Å². The van der Waals surface area contributed by atoms with Gasteiger partial charge in [0.25, 0.3) is 0 Å². The summed E-state index contributed by atoms with van der Waals surface area (Å²) >= 11 is 0. The summed E-state index contributed by atoms with van der Waals surface area (Å²) in [4.78, 5) is 2.47. The summed E-state index contributed by atoms with van der Waals surface area (Å²) in [5, 5.41) is 13.3. The fourth-order valence-corrected chi connectivity index (χ4v) is 2.30. The molecule has 2 unspecified atom stereocenters. The van der Waals surface area contributed by atoms with E-state index in [2.05, 4.69) is 31.0 Å². The van der Waals surface area contributed by atoms with Crippen molar-refractivity contribution in [3.05, 3.63) is 0 Å². The zero-order valence-electron chi connectivity index (χ0n) is 11.1. The minimum Gasteiger partial charge on any atom is -0.392 e. The van der Waals surface area contributed by atoms with Crippen LogP contribution in [-0.4, -0.2) is 47.8 Å². The molecule has 3 heteroatoms. The SMILES string of the molecule is CCC(O)CN1CCCCC1CNC(C)C. The van der Waals surface area contributed by atoms with Crippen LogP contribution in [0.2, 0.25) is 0 Å². The van der Waals surface area contributed by atoms with Crippen LogP contribution in [0.4, 0.5) is 0 Å². The lowest BCUT2D eigenvalue weighted by Gasteiger charge is -2.37. The number of hydrogen-bond acceptors (Lipinski definition) is 3. The summed E-state index contributed by atoms with van der Waals surface area (Å²) in [6, 6.07) is 1.18. The van der Waals surface area contributed by atoms with Crippen molar-refractivity contribution in [2.24, 2.45) is 0 Å². The number of likely N-dealkylation sites (tertiary alicyclic amines) is 1. The minimum atomic E-state index is -0.153. The molecule has 0 aliphatic carbocycles. The maximum atomic E-state index is 9.74. The molecule has 0 spiro atoms. The standard InChI is InChI=1S/C13H28N2O/c1-4-13(16)10-15-8-6-5-7-12(15)9-14-11(2)3/h11-14,16H,4-10H2,1-3H3. The van der Waals surface area contributed by atoms with Gasteiger partial charge in [0.1, 0.15) is 0 Å². The van der Waals surface area contributed by atoms with Crippen LogP contribution in [-0.2, 0) is 0 Å². The Morgan fingerprint density at radius 1 is 1.38 bits per heavy atom. The molecule has 0 radical (unpaired) electrons. The normalized spacial score (nSPS) is 24.9. The van der Waals surface area contributed by atoms with E-state index in [1.54, 1.807) is 0 Å². The highest BCUT2D eigenvalue weighted by molar-refractivity contribution is 4.80.